The van der Waals surface area contributed by atoms with Gasteiger partial charge in [-0.1, -0.05) is 6.07 Å². The van der Waals surface area contributed by atoms with Crippen molar-refractivity contribution in [2.24, 2.45) is 11.7 Å². The summed E-state index contributed by atoms with van der Waals surface area (Å²) >= 11 is 1.34. The van der Waals surface area contributed by atoms with E-state index in [0.29, 0.717) is 23.7 Å². The number of aryl methyl sites for hydroxylation is 2. The monoisotopic (exact) mass is 454 g/mol. The molecule has 5 N–H and O–H groups in total. The number of anilines is 2. The van der Waals surface area contributed by atoms with E-state index in [0.717, 1.165) is 52.2 Å². The van der Waals surface area contributed by atoms with Gasteiger partial charge in [0.05, 0.1) is 12.4 Å². The van der Waals surface area contributed by atoms with Crippen molar-refractivity contribution in [3.63, 3.8) is 0 Å². The first-order chi connectivity index (χ1) is 15.4. The van der Waals surface area contributed by atoms with Gasteiger partial charge in [0.15, 0.2) is 0 Å². The van der Waals surface area contributed by atoms with Gasteiger partial charge in [-0.15, -0.1) is 11.3 Å². The van der Waals surface area contributed by atoms with E-state index in [1.165, 1.54) is 11.3 Å². The molecule has 0 radical (unpaired) electrons. The summed E-state index contributed by atoms with van der Waals surface area (Å²) in [5.41, 5.74) is 15.9. The Balaban J connectivity index is 1.28. The van der Waals surface area contributed by atoms with E-state index in [1.54, 1.807) is 0 Å². The van der Waals surface area contributed by atoms with E-state index in [2.05, 4.69) is 21.3 Å². The SMILES string of the molecule is Cc1ccc2c(N)c(C(=O)N[C@H]3CCc4nc(N5C[C@@H](CF)[C@H](N)C5)ccc4C3)sc2n1. The highest BCUT2D eigenvalue weighted by Gasteiger charge is 2.31. The van der Waals surface area contributed by atoms with Crippen molar-refractivity contribution in [3.05, 3.63) is 46.1 Å². The fourth-order valence-electron chi connectivity index (χ4n) is 4.65. The van der Waals surface area contributed by atoms with Crippen molar-refractivity contribution in [3.8, 4) is 0 Å². The Morgan fingerprint density at radius 1 is 1.28 bits per heavy atom. The predicted molar refractivity (Wildman–Crippen MR) is 126 cm³/mol. The number of hydrogen-bond acceptors (Lipinski definition) is 7. The van der Waals surface area contributed by atoms with Crippen molar-refractivity contribution >= 4 is 39.0 Å². The second-order valence-corrected chi connectivity index (χ2v) is 9.82. The molecule has 0 aromatic carbocycles. The molecule has 5 rings (SSSR count). The maximum absolute atomic E-state index is 13.1. The smallest absolute Gasteiger partial charge is 0.263 e. The molecule has 2 aliphatic rings. The van der Waals surface area contributed by atoms with Crippen LogP contribution in [0.15, 0.2) is 24.3 Å². The molecule has 3 aromatic rings. The minimum absolute atomic E-state index is 0.0260. The van der Waals surface area contributed by atoms with Crippen molar-refractivity contribution in [2.75, 3.05) is 30.4 Å². The molecular weight excluding hydrogens is 427 g/mol. The number of nitrogen functional groups attached to an aromatic ring is 1. The number of rotatable bonds is 4. The van der Waals surface area contributed by atoms with Crippen LogP contribution in [0.2, 0.25) is 0 Å². The minimum Gasteiger partial charge on any atom is -0.397 e. The number of nitrogens with two attached hydrogens (primary N) is 2. The topological polar surface area (TPSA) is 110 Å². The van der Waals surface area contributed by atoms with E-state index in [-0.39, 0.29) is 23.9 Å². The number of nitrogens with one attached hydrogen (secondary N) is 1. The summed E-state index contributed by atoms with van der Waals surface area (Å²) in [6.07, 6.45) is 2.32. The lowest BCUT2D eigenvalue weighted by Crippen LogP contribution is -2.39. The highest BCUT2D eigenvalue weighted by atomic mass is 32.1. The molecule has 3 aromatic heterocycles. The van der Waals surface area contributed by atoms with Gasteiger partial charge in [-0.3, -0.25) is 9.18 Å². The average molecular weight is 455 g/mol. The highest BCUT2D eigenvalue weighted by Crippen LogP contribution is 2.33. The molecule has 7 nitrogen and oxygen atoms in total. The van der Waals surface area contributed by atoms with Crippen LogP contribution in [0.4, 0.5) is 15.9 Å². The van der Waals surface area contributed by atoms with Gasteiger partial charge in [0.1, 0.15) is 15.5 Å². The number of thiophene rings is 1. The lowest BCUT2D eigenvalue weighted by molar-refractivity contribution is 0.0938. The van der Waals surface area contributed by atoms with Crippen LogP contribution in [0.25, 0.3) is 10.2 Å². The zero-order chi connectivity index (χ0) is 22.4. The van der Waals surface area contributed by atoms with E-state index < -0.39 is 6.67 Å². The molecule has 1 fully saturated rings. The summed E-state index contributed by atoms with van der Waals surface area (Å²) in [7, 11) is 0. The quantitative estimate of drug-likeness (QED) is 0.559. The maximum Gasteiger partial charge on any atom is 0.263 e. The Labute approximate surface area is 190 Å². The van der Waals surface area contributed by atoms with Gasteiger partial charge in [-0.05, 0) is 49.9 Å². The van der Waals surface area contributed by atoms with Crippen molar-refractivity contribution < 1.29 is 9.18 Å². The van der Waals surface area contributed by atoms with Gasteiger partial charge in [0.25, 0.3) is 5.91 Å². The van der Waals surface area contributed by atoms with Crippen LogP contribution >= 0.6 is 11.3 Å². The van der Waals surface area contributed by atoms with Crippen LogP contribution in [0.3, 0.4) is 0 Å². The Morgan fingerprint density at radius 2 is 2.12 bits per heavy atom. The summed E-state index contributed by atoms with van der Waals surface area (Å²) < 4.78 is 13.1. The first kappa shape index (κ1) is 21.1. The Bertz CT molecular complexity index is 1180. The third-order valence-electron chi connectivity index (χ3n) is 6.54. The van der Waals surface area contributed by atoms with Gasteiger partial charge in [-0.25, -0.2) is 9.97 Å². The lowest BCUT2D eigenvalue weighted by atomic mass is 9.91. The number of carbonyl (C=O) groups is 1. The number of nitrogens with zero attached hydrogens (tertiary/aromatic N) is 3. The fraction of sp³-hybridized carbons (Fsp3) is 0.435. The second kappa shape index (κ2) is 8.29. The molecule has 3 atom stereocenters. The number of halogens is 1. The van der Waals surface area contributed by atoms with Gasteiger partial charge in [0, 0.05) is 47.9 Å². The largest absolute Gasteiger partial charge is 0.397 e. The molecular formula is C23H27FN6OS. The van der Waals surface area contributed by atoms with Crippen LogP contribution in [0, 0.1) is 12.8 Å². The normalized spacial score (nSPS) is 22.8. The van der Waals surface area contributed by atoms with Crippen molar-refractivity contribution in [1.29, 1.82) is 0 Å². The third-order valence-corrected chi connectivity index (χ3v) is 7.65. The maximum atomic E-state index is 13.1. The number of hydrogen-bond donors (Lipinski definition) is 3. The zero-order valence-electron chi connectivity index (χ0n) is 18.0. The molecule has 0 spiro atoms. The molecule has 9 heteroatoms. The number of amides is 1. The summed E-state index contributed by atoms with van der Waals surface area (Å²) in [5, 5.41) is 3.98. The number of aromatic nitrogens is 2. The minimum atomic E-state index is -0.399. The van der Waals surface area contributed by atoms with Gasteiger partial charge in [0.2, 0.25) is 0 Å². The van der Waals surface area contributed by atoms with Crippen molar-refractivity contribution in [2.45, 2.75) is 38.3 Å². The van der Waals surface area contributed by atoms with Crippen molar-refractivity contribution in [1.82, 2.24) is 15.3 Å². The molecule has 4 heterocycles. The first-order valence-electron chi connectivity index (χ1n) is 10.9. The zero-order valence-corrected chi connectivity index (χ0v) is 18.8. The van der Waals surface area contributed by atoms with Gasteiger partial charge < -0.3 is 21.7 Å². The van der Waals surface area contributed by atoms with Crippen LogP contribution < -0.4 is 21.7 Å². The lowest BCUT2D eigenvalue weighted by Gasteiger charge is -2.26. The van der Waals surface area contributed by atoms with Gasteiger partial charge >= 0.3 is 0 Å². The molecule has 168 valence electrons. The third kappa shape index (κ3) is 3.80. The number of alkyl halides is 1. The summed E-state index contributed by atoms with van der Waals surface area (Å²) in [6.45, 7) is 2.76. The van der Waals surface area contributed by atoms with Crippen LogP contribution in [0.5, 0.6) is 0 Å². The van der Waals surface area contributed by atoms with Crippen LogP contribution in [0.1, 0.15) is 33.0 Å². The number of fused-ring (bicyclic) bond motifs is 2. The molecule has 0 saturated carbocycles. The molecule has 32 heavy (non-hydrogen) atoms. The van der Waals surface area contributed by atoms with Gasteiger partial charge in [-0.2, -0.15) is 0 Å². The average Bonchev–Trinajstić information content (AvgIpc) is 3.32. The molecule has 1 amide bonds. The molecule has 0 unspecified atom stereocenters. The number of pyridine rings is 2. The predicted octanol–water partition coefficient (Wildman–Crippen LogP) is 2.60. The van der Waals surface area contributed by atoms with E-state index >= 15 is 0 Å². The molecule has 1 aliphatic carbocycles. The van der Waals surface area contributed by atoms with E-state index in [1.807, 2.05) is 25.1 Å². The molecule has 1 saturated heterocycles. The van der Waals surface area contributed by atoms with Crippen LogP contribution in [-0.4, -0.2) is 47.7 Å². The van der Waals surface area contributed by atoms with Crippen LogP contribution in [-0.2, 0) is 12.8 Å². The fourth-order valence-corrected chi connectivity index (χ4v) is 5.70. The summed E-state index contributed by atoms with van der Waals surface area (Å²) in [4.78, 5) is 25.6. The number of carbonyl (C=O) groups excluding carboxylic acids is 1. The highest BCUT2D eigenvalue weighted by molar-refractivity contribution is 7.21. The Hall–Kier alpha value is -2.78. The van der Waals surface area contributed by atoms with E-state index in [9.17, 15) is 9.18 Å². The molecule has 1 aliphatic heterocycles. The summed E-state index contributed by atoms with van der Waals surface area (Å²) in [6, 6.07) is 7.75. The molecule has 0 bridgehead atoms. The standard InChI is InChI=1S/C23H27FN6OS/c1-12-2-5-16-20(26)21(32-23(16)27-12)22(31)28-15-4-6-18-13(8-15)3-7-19(29-18)30-10-14(9-24)17(25)11-30/h2-3,5,7,14-15,17H,4,6,8-11,25-26H2,1H3,(H,28,31)/t14-,15+,17-/m1/s1. The second-order valence-electron chi connectivity index (χ2n) is 8.82. The Kier molecular flexibility index (Phi) is 5.46. The van der Waals surface area contributed by atoms with E-state index in [4.69, 9.17) is 16.5 Å². The summed E-state index contributed by atoms with van der Waals surface area (Å²) in [5.74, 6) is 0.579. The Morgan fingerprint density at radius 3 is 2.91 bits per heavy atom. The first-order valence-corrected chi connectivity index (χ1v) is 11.8.